The lowest BCUT2D eigenvalue weighted by molar-refractivity contribution is -0.671. The Balaban J connectivity index is 1.62. The van der Waals surface area contributed by atoms with Gasteiger partial charge in [0.25, 0.3) is 0 Å². The van der Waals surface area contributed by atoms with Crippen LogP contribution in [0.3, 0.4) is 0 Å². The van der Waals surface area contributed by atoms with Crippen molar-refractivity contribution >= 4 is 28.2 Å². The van der Waals surface area contributed by atoms with Crippen molar-refractivity contribution in [2.24, 2.45) is 0 Å². The normalized spacial score (nSPS) is 14.6. The molecule has 3 aromatic rings. The van der Waals surface area contributed by atoms with Gasteiger partial charge in [0.1, 0.15) is 6.54 Å². The summed E-state index contributed by atoms with van der Waals surface area (Å²) in [6.45, 7) is 6.63. The van der Waals surface area contributed by atoms with Crippen molar-refractivity contribution in [1.29, 1.82) is 0 Å². The second-order valence-electron chi connectivity index (χ2n) is 8.20. The number of para-hydroxylation sites is 2. The molecule has 1 aliphatic rings. The Kier molecular flexibility index (Phi) is 6.99. The molecule has 0 aliphatic carbocycles. The first-order valence-corrected chi connectivity index (χ1v) is 11.7. The summed E-state index contributed by atoms with van der Waals surface area (Å²) in [7, 11) is 0. The minimum Gasteiger partial charge on any atom is -0.347 e. The Morgan fingerprint density at radius 1 is 0.903 bits per heavy atom. The maximum Gasteiger partial charge on any atom is 0.213 e. The molecule has 0 atom stereocenters. The number of fused-ring (bicyclic) bond motifs is 2. The van der Waals surface area contributed by atoms with Crippen LogP contribution in [0.15, 0.2) is 85.2 Å². The van der Waals surface area contributed by atoms with Crippen molar-refractivity contribution in [3.05, 3.63) is 96.3 Å². The highest BCUT2D eigenvalue weighted by Gasteiger charge is 2.15. The van der Waals surface area contributed by atoms with E-state index in [4.69, 9.17) is 0 Å². The number of pyridine rings is 1. The molecule has 0 saturated carbocycles. The van der Waals surface area contributed by atoms with Crippen LogP contribution in [0, 0.1) is 0 Å². The van der Waals surface area contributed by atoms with E-state index in [1.165, 1.54) is 59.0 Å². The van der Waals surface area contributed by atoms with E-state index in [0.717, 1.165) is 13.1 Å². The summed E-state index contributed by atoms with van der Waals surface area (Å²) in [6.07, 6.45) is 18.2. The minimum atomic E-state index is 1.07. The van der Waals surface area contributed by atoms with Gasteiger partial charge in [0.05, 0.1) is 5.39 Å². The molecule has 31 heavy (non-hydrogen) atoms. The molecule has 2 heterocycles. The summed E-state index contributed by atoms with van der Waals surface area (Å²) >= 11 is 0. The molecule has 1 aromatic heterocycles. The van der Waals surface area contributed by atoms with Gasteiger partial charge in [-0.1, -0.05) is 75.2 Å². The lowest BCUT2D eigenvalue weighted by Gasteiger charge is -2.27. The van der Waals surface area contributed by atoms with Crippen LogP contribution in [0.2, 0.25) is 0 Å². The number of hydrogen-bond donors (Lipinski definition) is 0. The minimum absolute atomic E-state index is 1.07. The van der Waals surface area contributed by atoms with Crippen molar-refractivity contribution in [2.45, 2.75) is 46.1 Å². The van der Waals surface area contributed by atoms with Gasteiger partial charge in [-0.3, -0.25) is 0 Å². The number of hydrogen-bond acceptors (Lipinski definition) is 1. The second-order valence-corrected chi connectivity index (χ2v) is 8.20. The molecular weight excluding hydrogens is 376 g/mol. The summed E-state index contributed by atoms with van der Waals surface area (Å²) in [5.41, 5.74) is 6.44. The fraction of sp³-hybridized carbons (Fsp3) is 0.276. The Morgan fingerprint density at radius 3 is 2.58 bits per heavy atom. The molecule has 0 spiro atoms. The summed E-state index contributed by atoms with van der Waals surface area (Å²) in [6, 6.07) is 19.7. The van der Waals surface area contributed by atoms with Crippen LogP contribution >= 0.6 is 0 Å². The van der Waals surface area contributed by atoms with Gasteiger partial charge in [0.15, 0.2) is 6.20 Å². The number of benzene rings is 2. The first-order valence-electron chi connectivity index (χ1n) is 11.7. The average Bonchev–Trinajstić information content (AvgIpc) is 2.82. The van der Waals surface area contributed by atoms with Crippen LogP contribution in [-0.2, 0) is 6.54 Å². The van der Waals surface area contributed by atoms with Crippen molar-refractivity contribution < 1.29 is 4.57 Å². The monoisotopic (exact) mass is 409 g/mol. The molecule has 2 heteroatoms. The summed E-state index contributed by atoms with van der Waals surface area (Å²) < 4.78 is 2.37. The van der Waals surface area contributed by atoms with Gasteiger partial charge in [-0.2, -0.15) is 4.57 Å². The van der Waals surface area contributed by atoms with E-state index in [-0.39, 0.29) is 0 Å². The number of unbranched alkanes of at least 4 members (excludes halogenated alkanes) is 2. The Hall–Kier alpha value is -3.13. The molecule has 0 fully saturated rings. The number of aromatic nitrogens is 1. The third kappa shape index (κ3) is 4.80. The predicted octanol–water partition coefficient (Wildman–Crippen LogP) is 7.16. The van der Waals surface area contributed by atoms with E-state index in [9.17, 15) is 0 Å². The standard InChI is InChI=1S/C29H33N2/c1-3-5-20-30-22-18-24(26-14-7-9-16-28(26)30)12-11-13-25-19-23-31(21-6-4-2)29-17-10-8-15-27(25)29/h7-19,22-23H,3-6,20-21H2,1-2H3/q+1. The van der Waals surface area contributed by atoms with Gasteiger partial charge >= 0.3 is 0 Å². The number of rotatable bonds is 8. The molecule has 2 nitrogen and oxygen atoms in total. The SMILES string of the molecule is CCCCN1C=CC(=CC=Cc2cc[n+](CCCC)c3ccccc23)c2ccccc21. The van der Waals surface area contributed by atoms with E-state index in [1.54, 1.807) is 0 Å². The van der Waals surface area contributed by atoms with Gasteiger partial charge in [0.2, 0.25) is 5.52 Å². The van der Waals surface area contributed by atoms with E-state index in [1.807, 2.05) is 0 Å². The van der Waals surface area contributed by atoms with Crippen LogP contribution in [0.5, 0.6) is 0 Å². The lowest BCUT2D eigenvalue weighted by Crippen LogP contribution is -2.34. The van der Waals surface area contributed by atoms with Gasteiger partial charge in [-0.05, 0) is 35.8 Å². The highest BCUT2D eigenvalue weighted by molar-refractivity contribution is 5.89. The smallest absolute Gasteiger partial charge is 0.213 e. The largest absolute Gasteiger partial charge is 0.347 e. The van der Waals surface area contributed by atoms with Crippen LogP contribution in [0.25, 0.3) is 22.6 Å². The summed E-state index contributed by atoms with van der Waals surface area (Å²) in [5.74, 6) is 0. The van der Waals surface area contributed by atoms with E-state index >= 15 is 0 Å². The highest BCUT2D eigenvalue weighted by Crippen LogP contribution is 2.33. The molecule has 0 radical (unpaired) electrons. The fourth-order valence-electron chi connectivity index (χ4n) is 4.21. The summed E-state index contributed by atoms with van der Waals surface area (Å²) in [5, 5.41) is 1.31. The molecule has 0 N–H and O–H groups in total. The summed E-state index contributed by atoms with van der Waals surface area (Å²) in [4.78, 5) is 2.37. The Morgan fingerprint density at radius 2 is 1.71 bits per heavy atom. The molecule has 0 bridgehead atoms. The van der Waals surface area contributed by atoms with Crippen molar-refractivity contribution in [3.63, 3.8) is 0 Å². The second kappa shape index (κ2) is 10.3. The van der Waals surface area contributed by atoms with E-state index < -0.39 is 0 Å². The maximum atomic E-state index is 2.37. The van der Waals surface area contributed by atoms with Gasteiger partial charge in [-0.15, -0.1) is 0 Å². The topological polar surface area (TPSA) is 7.12 Å². The maximum absolute atomic E-state index is 2.37. The zero-order valence-corrected chi connectivity index (χ0v) is 18.8. The molecule has 4 rings (SSSR count). The van der Waals surface area contributed by atoms with Crippen LogP contribution in [0.1, 0.15) is 50.7 Å². The fourth-order valence-corrected chi connectivity index (χ4v) is 4.21. The zero-order valence-electron chi connectivity index (χ0n) is 18.8. The van der Waals surface area contributed by atoms with Crippen molar-refractivity contribution in [1.82, 2.24) is 0 Å². The first-order chi connectivity index (χ1) is 15.3. The van der Waals surface area contributed by atoms with Crippen LogP contribution < -0.4 is 9.47 Å². The number of aryl methyl sites for hydroxylation is 1. The zero-order chi connectivity index (χ0) is 21.5. The molecule has 2 aromatic carbocycles. The number of anilines is 1. The molecule has 1 aliphatic heterocycles. The lowest BCUT2D eigenvalue weighted by atomic mass is 9.99. The van der Waals surface area contributed by atoms with E-state index in [0.29, 0.717) is 0 Å². The Labute approximate surface area is 186 Å². The van der Waals surface area contributed by atoms with Gasteiger partial charge in [0, 0.05) is 42.5 Å². The predicted molar refractivity (Wildman–Crippen MR) is 134 cm³/mol. The van der Waals surface area contributed by atoms with Crippen LogP contribution in [0.4, 0.5) is 5.69 Å². The third-order valence-electron chi connectivity index (χ3n) is 5.97. The van der Waals surface area contributed by atoms with Crippen molar-refractivity contribution in [3.8, 4) is 0 Å². The van der Waals surface area contributed by atoms with Gasteiger partial charge < -0.3 is 4.90 Å². The first kappa shape index (κ1) is 21.1. The molecule has 158 valence electrons. The molecule has 0 saturated heterocycles. The molecule has 0 amide bonds. The quantitative estimate of drug-likeness (QED) is 0.358. The highest BCUT2D eigenvalue weighted by atomic mass is 15.1. The molecule has 0 unspecified atom stereocenters. The van der Waals surface area contributed by atoms with Gasteiger partial charge in [-0.25, -0.2) is 0 Å². The van der Waals surface area contributed by atoms with Crippen molar-refractivity contribution in [2.75, 3.05) is 11.4 Å². The average molecular weight is 410 g/mol. The van der Waals surface area contributed by atoms with E-state index in [2.05, 4.69) is 115 Å². The third-order valence-corrected chi connectivity index (χ3v) is 5.97. The number of nitrogens with zero attached hydrogens (tertiary/aromatic N) is 2. The van der Waals surface area contributed by atoms with Crippen LogP contribution in [-0.4, -0.2) is 6.54 Å². The number of allylic oxidation sites excluding steroid dienone is 4. The molecular formula is C29H33N2+. The Bertz CT molecular complexity index is 1120.